The van der Waals surface area contributed by atoms with Crippen LogP contribution < -0.4 is 0 Å². The Bertz CT molecular complexity index is 282. The number of aliphatic carboxylic acids is 2. The van der Waals surface area contributed by atoms with Gasteiger partial charge in [0, 0.05) is 6.42 Å². The highest BCUT2D eigenvalue weighted by atomic mass is 16.4. The smallest absolute Gasteiger partial charge is 0.317 e. The average molecular weight is 240 g/mol. The molecule has 0 aliphatic carbocycles. The van der Waals surface area contributed by atoms with Crippen LogP contribution >= 0.6 is 0 Å². The number of hydrogen-bond acceptors (Lipinski definition) is 2. The predicted octanol–water partition coefficient (Wildman–Crippen LogP) is 2.55. The summed E-state index contributed by atoms with van der Waals surface area (Å²) in [5.41, 5.74) is 0. The van der Waals surface area contributed by atoms with Crippen molar-refractivity contribution >= 4 is 11.9 Å². The monoisotopic (exact) mass is 240 g/mol. The average Bonchev–Trinajstić information content (AvgIpc) is 2.26. The van der Waals surface area contributed by atoms with Crippen LogP contribution in [0.1, 0.15) is 39.5 Å². The van der Waals surface area contributed by atoms with E-state index in [2.05, 4.69) is 18.4 Å². The van der Waals surface area contributed by atoms with Crippen molar-refractivity contribution in [3.05, 3.63) is 12.7 Å². The van der Waals surface area contributed by atoms with Gasteiger partial charge in [-0.1, -0.05) is 19.4 Å². The van der Waals surface area contributed by atoms with Gasteiger partial charge in [0.05, 0.1) is 0 Å². The summed E-state index contributed by atoms with van der Waals surface area (Å²) in [7, 11) is 0. The molecule has 0 saturated carbocycles. The molecule has 0 aliphatic heterocycles. The molecule has 17 heavy (non-hydrogen) atoms. The maximum Gasteiger partial charge on any atom is 0.317 e. The molecule has 0 saturated heterocycles. The van der Waals surface area contributed by atoms with Crippen LogP contribution in [0.2, 0.25) is 0 Å². The van der Waals surface area contributed by atoms with E-state index >= 15 is 0 Å². The summed E-state index contributed by atoms with van der Waals surface area (Å²) >= 11 is 0. The Morgan fingerprint density at radius 3 is 2.12 bits per heavy atom. The zero-order chi connectivity index (χ0) is 13.7. The zero-order valence-electron chi connectivity index (χ0n) is 10.4. The third kappa shape index (κ3) is 12.2. The van der Waals surface area contributed by atoms with Gasteiger partial charge in [0.25, 0.3) is 0 Å². The highest BCUT2D eigenvalue weighted by Gasteiger charge is 2.23. The molecule has 0 fully saturated rings. The molecule has 2 N–H and O–H groups in total. The van der Waals surface area contributed by atoms with E-state index in [4.69, 9.17) is 10.2 Å². The van der Waals surface area contributed by atoms with Crippen molar-refractivity contribution in [2.75, 3.05) is 0 Å². The van der Waals surface area contributed by atoms with Gasteiger partial charge in [0.2, 0.25) is 0 Å². The van der Waals surface area contributed by atoms with Gasteiger partial charge in [0.15, 0.2) is 5.92 Å². The number of carboxylic acid groups (broad SMARTS) is 2. The summed E-state index contributed by atoms with van der Waals surface area (Å²) < 4.78 is 0. The molecule has 0 spiro atoms. The van der Waals surface area contributed by atoms with Crippen LogP contribution in [-0.2, 0) is 9.59 Å². The highest BCUT2D eigenvalue weighted by Crippen LogP contribution is 2.05. The van der Waals surface area contributed by atoms with E-state index in [1.54, 1.807) is 6.92 Å². The fourth-order valence-corrected chi connectivity index (χ4v) is 0.940. The van der Waals surface area contributed by atoms with E-state index in [-0.39, 0.29) is 6.42 Å². The van der Waals surface area contributed by atoms with E-state index in [0.29, 0.717) is 6.42 Å². The van der Waals surface area contributed by atoms with Crippen molar-refractivity contribution in [1.29, 1.82) is 0 Å². The molecule has 0 unspecified atom stereocenters. The van der Waals surface area contributed by atoms with Gasteiger partial charge in [-0.05, 0) is 19.8 Å². The zero-order valence-corrected chi connectivity index (χ0v) is 10.4. The molecule has 0 amide bonds. The Morgan fingerprint density at radius 2 is 1.88 bits per heavy atom. The maximum atomic E-state index is 10.2. The second kappa shape index (κ2) is 12.3. The van der Waals surface area contributed by atoms with E-state index < -0.39 is 17.9 Å². The van der Waals surface area contributed by atoms with Crippen LogP contribution in [0.4, 0.5) is 0 Å². The summed E-state index contributed by atoms with van der Waals surface area (Å²) in [5, 5.41) is 16.6. The molecule has 0 bridgehead atoms. The van der Waals surface area contributed by atoms with E-state index in [0.717, 1.165) is 12.8 Å². The summed E-state index contributed by atoms with van der Waals surface area (Å²) in [6.07, 6.45) is 4.62. The van der Waals surface area contributed by atoms with E-state index in [1.807, 2.05) is 13.0 Å². The molecule has 0 aromatic rings. The van der Waals surface area contributed by atoms with Crippen molar-refractivity contribution < 1.29 is 19.8 Å². The van der Waals surface area contributed by atoms with Crippen molar-refractivity contribution in [1.82, 2.24) is 0 Å². The Labute approximate surface area is 102 Å². The van der Waals surface area contributed by atoms with Crippen molar-refractivity contribution in [3.8, 4) is 11.8 Å². The topological polar surface area (TPSA) is 74.6 Å². The first kappa shape index (κ1) is 17.6. The fraction of sp³-hybridized carbons (Fsp3) is 0.538. The minimum atomic E-state index is -1.26. The third-order valence-corrected chi connectivity index (χ3v) is 1.82. The molecule has 4 heteroatoms. The fourth-order valence-electron chi connectivity index (χ4n) is 0.940. The Hall–Kier alpha value is -1.76. The lowest BCUT2D eigenvalue weighted by molar-refractivity contribution is -0.154. The van der Waals surface area contributed by atoms with Crippen molar-refractivity contribution in [2.24, 2.45) is 5.92 Å². The van der Waals surface area contributed by atoms with Crippen LogP contribution in [0.5, 0.6) is 0 Å². The van der Waals surface area contributed by atoms with Crippen LogP contribution in [0.25, 0.3) is 0 Å². The summed E-state index contributed by atoms with van der Waals surface area (Å²) in [4.78, 5) is 20.3. The van der Waals surface area contributed by atoms with Gasteiger partial charge in [-0.15, -0.1) is 18.4 Å². The van der Waals surface area contributed by atoms with Crippen LogP contribution in [-0.4, -0.2) is 22.2 Å². The number of carboxylic acids is 2. The molecule has 0 atom stereocenters. The Kier molecular flexibility index (Phi) is 12.8. The first-order valence-electron chi connectivity index (χ1n) is 5.47. The van der Waals surface area contributed by atoms with Gasteiger partial charge >= 0.3 is 11.9 Å². The minimum absolute atomic E-state index is 0.199. The van der Waals surface area contributed by atoms with Gasteiger partial charge in [0.1, 0.15) is 0 Å². The van der Waals surface area contributed by atoms with Crippen LogP contribution in [0.3, 0.4) is 0 Å². The number of rotatable bonds is 6. The lowest BCUT2D eigenvalue weighted by atomic mass is 10.1. The third-order valence-electron chi connectivity index (χ3n) is 1.82. The Balaban J connectivity index is 0. The van der Waals surface area contributed by atoms with Crippen LogP contribution in [0, 0.1) is 17.8 Å². The van der Waals surface area contributed by atoms with Crippen molar-refractivity contribution in [2.45, 2.75) is 39.5 Å². The summed E-state index contributed by atoms with van der Waals surface area (Å²) in [5.74, 6) is 1.99. The van der Waals surface area contributed by atoms with Gasteiger partial charge < -0.3 is 10.2 Å². The first-order chi connectivity index (χ1) is 8.01. The number of unbranched alkanes of at least 4 members (excludes halogenated alkanes) is 1. The summed E-state index contributed by atoms with van der Waals surface area (Å²) in [6, 6.07) is 0. The molecule has 0 heterocycles. The lowest BCUT2D eigenvalue weighted by Crippen LogP contribution is -2.22. The molecule has 4 nitrogen and oxygen atoms in total. The first-order valence-corrected chi connectivity index (χ1v) is 5.47. The number of hydrogen-bond donors (Lipinski definition) is 2. The largest absolute Gasteiger partial charge is 0.481 e. The number of carbonyl (C=O) groups is 2. The standard InChI is InChI=1S/C7H10.C6H10O4/c1-3-5-7-6-4-2;1-2-3-4(5(7)8)6(9)10/h3H,1,5,7H2,2H3;4H,2-3H2,1H3,(H,7,8)(H,9,10). The molecular weight excluding hydrogens is 220 g/mol. The molecule has 0 radical (unpaired) electrons. The van der Waals surface area contributed by atoms with Crippen molar-refractivity contribution in [3.63, 3.8) is 0 Å². The second-order valence-electron chi connectivity index (χ2n) is 3.27. The normalized spacial score (nSPS) is 8.41. The Morgan fingerprint density at radius 1 is 1.35 bits per heavy atom. The number of allylic oxidation sites excluding steroid dienone is 1. The highest BCUT2D eigenvalue weighted by molar-refractivity contribution is 5.92. The minimum Gasteiger partial charge on any atom is -0.481 e. The van der Waals surface area contributed by atoms with Gasteiger partial charge in [-0.2, -0.15) is 0 Å². The SMILES string of the molecule is C=CCCC#CC.CCCC(C(=O)O)C(=O)O. The maximum absolute atomic E-state index is 10.2. The molecule has 0 aromatic carbocycles. The van der Waals surface area contributed by atoms with E-state index in [9.17, 15) is 9.59 Å². The quantitative estimate of drug-likeness (QED) is 0.324. The van der Waals surface area contributed by atoms with Gasteiger partial charge in [-0.25, -0.2) is 0 Å². The molecule has 96 valence electrons. The molecule has 0 aromatic heterocycles. The summed E-state index contributed by atoms with van der Waals surface area (Å²) in [6.45, 7) is 7.16. The van der Waals surface area contributed by atoms with E-state index in [1.165, 1.54) is 0 Å². The van der Waals surface area contributed by atoms with Crippen LogP contribution in [0.15, 0.2) is 12.7 Å². The molecule has 0 aliphatic rings. The lowest BCUT2D eigenvalue weighted by Gasteiger charge is -2.02. The second-order valence-corrected chi connectivity index (χ2v) is 3.27. The van der Waals surface area contributed by atoms with Gasteiger partial charge in [-0.3, -0.25) is 9.59 Å². The molecular formula is C13H20O4. The molecule has 0 rings (SSSR count). The predicted molar refractivity (Wildman–Crippen MR) is 66.6 cm³/mol.